The van der Waals surface area contributed by atoms with Crippen molar-refractivity contribution < 1.29 is 12.8 Å². The Labute approximate surface area is 185 Å². The Bertz CT molecular complexity index is 1380. The second kappa shape index (κ2) is 7.90. The number of nitrogens with zero attached hydrogens (tertiary/aromatic N) is 4. The molecule has 0 atom stereocenters. The highest BCUT2D eigenvalue weighted by atomic mass is 32.2. The van der Waals surface area contributed by atoms with Crippen molar-refractivity contribution in [3.05, 3.63) is 66.9 Å². The van der Waals surface area contributed by atoms with Crippen LogP contribution in [0.1, 0.15) is 0 Å². The number of aromatic amines is 1. The molecule has 4 aromatic rings. The molecule has 1 aliphatic heterocycles. The molecule has 0 aliphatic carbocycles. The smallest absolute Gasteiger partial charge is 0.175 e. The van der Waals surface area contributed by atoms with E-state index in [4.69, 9.17) is 0 Å². The predicted octanol–water partition coefficient (Wildman–Crippen LogP) is 3.49. The van der Waals surface area contributed by atoms with Crippen LogP contribution in [0.2, 0.25) is 0 Å². The summed E-state index contributed by atoms with van der Waals surface area (Å²) in [7, 11) is -3.40. The molecule has 32 heavy (non-hydrogen) atoms. The molecule has 164 valence electrons. The third-order valence-corrected chi connectivity index (χ3v) is 6.97. The highest BCUT2D eigenvalue weighted by Crippen LogP contribution is 2.31. The number of H-pyrrole nitrogens is 1. The Morgan fingerprint density at radius 1 is 0.938 bits per heavy atom. The van der Waals surface area contributed by atoms with Gasteiger partial charge in [0.1, 0.15) is 5.82 Å². The van der Waals surface area contributed by atoms with Gasteiger partial charge in [0.05, 0.1) is 22.3 Å². The number of benzene rings is 2. The maximum atomic E-state index is 14.5. The van der Waals surface area contributed by atoms with Gasteiger partial charge in [0.15, 0.2) is 9.84 Å². The highest BCUT2D eigenvalue weighted by molar-refractivity contribution is 7.90. The third kappa shape index (κ3) is 3.80. The predicted molar refractivity (Wildman–Crippen MR) is 123 cm³/mol. The van der Waals surface area contributed by atoms with E-state index in [0.29, 0.717) is 31.9 Å². The molecule has 0 bridgehead atoms. The number of nitrogens with one attached hydrogen (secondary N) is 1. The normalized spacial score (nSPS) is 14.8. The zero-order chi connectivity index (χ0) is 22.3. The number of sulfone groups is 1. The van der Waals surface area contributed by atoms with Crippen molar-refractivity contribution in [3.63, 3.8) is 0 Å². The molecule has 1 aliphatic rings. The van der Waals surface area contributed by atoms with Crippen molar-refractivity contribution in [3.8, 4) is 11.1 Å². The highest BCUT2D eigenvalue weighted by Gasteiger charge is 2.22. The van der Waals surface area contributed by atoms with Crippen LogP contribution in [0.15, 0.2) is 66.0 Å². The van der Waals surface area contributed by atoms with Gasteiger partial charge in [-0.25, -0.2) is 12.8 Å². The zero-order valence-electron chi connectivity index (χ0n) is 17.5. The molecule has 3 heterocycles. The Morgan fingerprint density at radius 3 is 2.38 bits per heavy atom. The Morgan fingerprint density at radius 2 is 1.69 bits per heavy atom. The van der Waals surface area contributed by atoms with Crippen LogP contribution in [-0.4, -0.2) is 56.0 Å². The van der Waals surface area contributed by atoms with Crippen LogP contribution in [-0.2, 0) is 9.84 Å². The van der Waals surface area contributed by atoms with Crippen LogP contribution in [0, 0.1) is 5.82 Å². The fourth-order valence-corrected chi connectivity index (χ4v) is 4.79. The van der Waals surface area contributed by atoms with Crippen molar-refractivity contribution >= 4 is 32.1 Å². The molecule has 0 unspecified atom stereocenters. The van der Waals surface area contributed by atoms with E-state index in [1.165, 1.54) is 18.2 Å². The summed E-state index contributed by atoms with van der Waals surface area (Å²) in [5, 5.41) is 7.92. The van der Waals surface area contributed by atoms with Gasteiger partial charge in [-0.05, 0) is 42.0 Å². The lowest BCUT2D eigenvalue weighted by Crippen LogP contribution is -2.47. The first-order valence-corrected chi connectivity index (χ1v) is 12.2. The molecule has 1 saturated heterocycles. The summed E-state index contributed by atoms with van der Waals surface area (Å²) in [6.07, 6.45) is 6.58. The molecule has 0 spiro atoms. The molecular weight excluding hydrogens is 429 g/mol. The van der Waals surface area contributed by atoms with Gasteiger partial charge >= 0.3 is 0 Å². The second-order valence-electron chi connectivity index (χ2n) is 7.91. The number of piperazine rings is 1. The lowest BCUT2D eigenvalue weighted by atomic mass is 10.0. The fourth-order valence-electron chi connectivity index (χ4n) is 4.15. The number of pyridine rings is 1. The van der Waals surface area contributed by atoms with Crippen molar-refractivity contribution in [2.45, 2.75) is 4.90 Å². The molecule has 9 heteroatoms. The summed E-state index contributed by atoms with van der Waals surface area (Å²) < 4.78 is 38.3. The first kappa shape index (κ1) is 20.4. The van der Waals surface area contributed by atoms with Gasteiger partial charge in [0, 0.05) is 61.5 Å². The molecule has 5 rings (SSSR count). The molecule has 1 N–H and O–H groups in total. The van der Waals surface area contributed by atoms with Gasteiger partial charge in [-0.1, -0.05) is 6.07 Å². The van der Waals surface area contributed by atoms with Crippen molar-refractivity contribution in [2.75, 3.05) is 42.2 Å². The maximum absolute atomic E-state index is 14.5. The van der Waals surface area contributed by atoms with Gasteiger partial charge in [-0.2, -0.15) is 5.10 Å². The average Bonchev–Trinajstić information content (AvgIpc) is 3.33. The molecule has 0 radical (unpaired) electrons. The fraction of sp³-hybridized carbons (Fsp3) is 0.217. The van der Waals surface area contributed by atoms with Gasteiger partial charge < -0.3 is 9.80 Å². The molecule has 0 saturated carbocycles. The first-order chi connectivity index (χ1) is 15.4. The van der Waals surface area contributed by atoms with E-state index in [2.05, 4.69) is 26.1 Å². The summed E-state index contributed by atoms with van der Waals surface area (Å²) in [6.45, 7) is 2.51. The number of aromatic nitrogens is 3. The van der Waals surface area contributed by atoms with Gasteiger partial charge in [0.2, 0.25) is 0 Å². The summed E-state index contributed by atoms with van der Waals surface area (Å²) in [6, 6.07) is 12.1. The van der Waals surface area contributed by atoms with Crippen LogP contribution < -0.4 is 9.80 Å². The number of fused-ring (bicyclic) bond motifs is 1. The van der Waals surface area contributed by atoms with Crippen molar-refractivity contribution in [1.29, 1.82) is 0 Å². The molecule has 7 nitrogen and oxygen atoms in total. The third-order valence-electron chi connectivity index (χ3n) is 5.86. The Hall–Kier alpha value is -3.46. The van der Waals surface area contributed by atoms with Crippen LogP contribution in [0.3, 0.4) is 0 Å². The minimum Gasteiger partial charge on any atom is -0.367 e. The lowest BCUT2D eigenvalue weighted by Gasteiger charge is -2.38. The first-order valence-electron chi connectivity index (χ1n) is 10.3. The molecule has 2 aromatic carbocycles. The molecule has 1 fully saturated rings. The van der Waals surface area contributed by atoms with E-state index in [9.17, 15) is 12.8 Å². The van der Waals surface area contributed by atoms with E-state index in [1.54, 1.807) is 12.4 Å². The summed E-state index contributed by atoms with van der Waals surface area (Å²) in [5.74, 6) is -0.412. The van der Waals surface area contributed by atoms with Crippen molar-refractivity contribution in [2.24, 2.45) is 0 Å². The number of halogens is 1. The van der Waals surface area contributed by atoms with E-state index in [1.807, 2.05) is 29.3 Å². The summed E-state index contributed by atoms with van der Waals surface area (Å²) >= 11 is 0. The number of anilines is 2. The number of hydrogen-bond acceptors (Lipinski definition) is 6. The molecule has 2 aromatic heterocycles. The van der Waals surface area contributed by atoms with Crippen molar-refractivity contribution in [1.82, 2.24) is 15.2 Å². The van der Waals surface area contributed by atoms with E-state index >= 15 is 0 Å². The molecule has 0 amide bonds. The van der Waals surface area contributed by atoms with E-state index < -0.39 is 15.7 Å². The number of rotatable bonds is 4. The van der Waals surface area contributed by atoms with Gasteiger partial charge in [-0.3, -0.25) is 10.1 Å². The minimum absolute atomic E-state index is 0.128. The van der Waals surface area contributed by atoms with Crippen LogP contribution in [0.25, 0.3) is 22.0 Å². The number of hydrogen-bond donors (Lipinski definition) is 1. The standard InChI is InChI=1S/C23H22FN5O2S/c1-32(30,31)18-3-4-20(24)23(13-18)29-10-8-28(9-11-29)22-6-7-25-21-5-2-16(12-19(21)22)17-14-26-27-15-17/h2-7,12-15H,8-11H2,1H3,(H,26,27). The second-order valence-corrected chi connectivity index (χ2v) is 9.92. The monoisotopic (exact) mass is 451 g/mol. The minimum atomic E-state index is -3.40. The van der Waals surface area contributed by atoms with Gasteiger partial charge in [0.25, 0.3) is 0 Å². The summed E-state index contributed by atoms with van der Waals surface area (Å²) in [5.41, 5.74) is 4.37. The van der Waals surface area contributed by atoms with Crippen LogP contribution >= 0.6 is 0 Å². The largest absolute Gasteiger partial charge is 0.367 e. The Kier molecular flexibility index (Phi) is 5.05. The van der Waals surface area contributed by atoms with Crippen LogP contribution in [0.4, 0.5) is 15.8 Å². The van der Waals surface area contributed by atoms with Gasteiger partial charge in [-0.15, -0.1) is 0 Å². The lowest BCUT2D eigenvalue weighted by molar-refractivity contribution is 0.592. The van der Waals surface area contributed by atoms with E-state index in [-0.39, 0.29) is 4.90 Å². The van der Waals surface area contributed by atoms with E-state index in [0.717, 1.165) is 34.0 Å². The Balaban J connectivity index is 1.42. The zero-order valence-corrected chi connectivity index (χ0v) is 18.3. The average molecular weight is 452 g/mol. The maximum Gasteiger partial charge on any atom is 0.175 e. The summed E-state index contributed by atoms with van der Waals surface area (Å²) in [4.78, 5) is 8.79. The topological polar surface area (TPSA) is 82.2 Å². The van der Waals surface area contributed by atoms with Crippen LogP contribution in [0.5, 0.6) is 0 Å². The SMILES string of the molecule is CS(=O)(=O)c1ccc(F)c(N2CCN(c3ccnc4ccc(-c5cn[nH]c5)cc34)CC2)c1. The quantitative estimate of drug-likeness (QED) is 0.479. The molecular formula is C23H22FN5O2S.